The number of alkyl halides is 3. The van der Waals surface area contributed by atoms with Crippen molar-refractivity contribution in [2.45, 2.75) is 57.0 Å². The summed E-state index contributed by atoms with van der Waals surface area (Å²) in [7, 11) is -6.25. The number of hydrogen-bond donors (Lipinski definition) is 1. The van der Waals surface area contributed by atoms with Crippen LogP contribution < -0.4 is 0 Å². The largest absolute Gasteiger partial charge is 0.523 e. The summed E-state index contributed by atoms with van der Waals surface area (Å²) >= 11 is 0. The Bertz CT molecular complexity index is 705. The third kappa shape index (κ3) is 6.29. The van der Waals surface area contributed by atoms with Crippen LogP contribution in [0.2, 0.25) is 0 Å². The molecule has 0 saturated carbocycles. The Morgan fingerprint density at radius 1 is 0.964 bits per heavy atom. The van der Waals surface area contributed by atoms with E-state index in [0.29, 0.717) is 0 Å². The molecule has 5 atom stereocenters. The standard InChI is InChI=1S/C13H17F3O11S/c1-5(17)23-4-8-9(24-6(2)18)10(25-7(3)19)11(12(20)26-8)27-28(21,22)13(14,15)16/h8-12,20H,4H2,1-3H3/t8-,9-,10+,11-,12+/m0/s1. The average Bonchev–Trinajstić information content (AvgIpc) is 2.49. The molecule has 1 fully saturated rings. The second-order valence-electron chi connectivity index (χ2n) is 5.48. The van der Waals surface area contributed by atoms with Crippen molar-refractivity contribution in [1.82, 2.24) is 0 Å². The first-order valence-corrected chi connectivity index (χ1v) is 8.87. The van der Waals surface area contributed by atoms with Gasteiger partial charge in [-0.25, -0.2) is 0 Å². The Morgan fingerprint density at radius 3 is 1.89 bits per heavy atom. The van der Waals surface area contributed by atoms with E-state index in [2.05, 4.69) is 8.92 Å². The molecule has 0 bridgehead atoms. The van der Waals surface area contributed by atoms with Gasteiger partial charge >= 0.3 is 33.5 Å². The van der Waals surface area contributed by atoms with E-state index in [9.17, 15) is 41.1 Å². The summed E-state index contributed by atoms with van der Waals surface area (Å²) in [6.45, 7) is 2.05. The maximum atomic E-state index is 12.6. The predicted octanol–water partition coefficient (Wildman–Crippen LogP) is -0.635. The molecule has 1 heterocycles. The van der Waals surface area contributed by atoms with Crippen LogP contribution in [0.4, 0.5) is 13.2 Å². The first-order chi connectivity index (χ1) is 12.7. The lowest BCUT2D eigenvalue weighted by Gasteiger charge is -2.42. The number of rotatable bonds is 6. The van der Waals surface area contributed by atoms with E-state index in [0.717, 1.165) is 20.8 Å². The molecule has 1 aliphatic heterocycles. The number of carbonyl (C=O) groups is 3. The van der Waals surface area contributed by atoms with Crippen molar-refractivity contribution in [1.29, 1.82) is 0 Å². The van der Waals surface area contributed by atoms with E-state index in [1.807, 2.05) is 0 Å². The molecule has 1 aliphatic rings. The zero-order valence-electron chi connectivity index (χ0n) is 14.7. The van der Waals surface area contributed by atoms with Gasteiger partial charge in [-0.1, -0.05) is 0 Å². The summed E-state index contributed by atoms with van der Waals surface area (Å²) in [4.78, 5) is 33.6. The number of ether oxygens (including phenoxy) is 4. The van der Waals surface area contributed by atoms with Gasteiger partial charge in [0, 0.05) is 20.8 Å². The van der Waals surface area contributed by atoms with Crippen LogP contribution in [0.25, 0.3) is 0 Å². The van der Waals surface area contributed by atoms with Crippen LogP contribution in [0.3, 0.4) is 0 Å². The lowest BCUT2D eigenvalue weighted by molar-refractivity contribution is -0.288. The van der Waals surface area contributed by atoms with Gasteiger partial charge in [-0.15, -0.1) is 0 Å². The molecule has 0 amide bonds. The monoisotopic (exact) mass is 438 g/mol. The van der Waals surface area contributed by atoms with Crippen molar-refractivity contribution in [3.8, 4) is 0 Å². The summed E-state index contributed by atoms with van der Waals surface area (Å²) < 4.78 is 83.5. The molecule has 11 nitrogen and oxygen atoms in total. The summed E-state index contributed by atoms with van der Waals surface area (Å²) in [6.07, 6.45) is -10.1. The minimum absolute atomic E-state index is 0.666. The summed E-state index contributed by atoms with van der Waals surface area (Å²) in [5, 5.41) is 9.92. The molecule has 0 aromatic rings. The maximum Gasteiger partial charge on any atom is 0.523 e. The minimum Gasteiger partial charge on any atom is -0.463 e. The Kier molecular flexibility index (Phi) is 7.75. The third-order valence-electron chi connectivity index (χ3n) is 3.19. The molecule has 0 aromatic carbocycles. The third-order valence-corrected chi connectivity index (χ3v) is 4.23. The molecule has 1 rings (SSSR count). The minimum atomic E-state index is -6.25. The van der Waals surface area contributed by atoms with Crippen LogP contribution in [0.15, 0.2) is 0 Å². The highest BCUT2D eigenvalue weighted by Crippen LogP contribution is 2.33. The fraction of sp³-hybridized carbons (Fsp3) is 0.769. The van der Waals surface area contributed by atoms with E-state index in [4.69, 9.17) is 14.2 Å². The second kappa shape index (κ2) is 9.02. The van der Waals surface area contributed by atoms with Gasteiger partial charge in [0.05, 0.1) is 0 Å². The van der Waals surface area contributed by atoms with Gasteiger partial charge in [-0.05, 0) is 0 Å². The molecule has 15 heteroatoms. The second-order valence-corrected chi connectivity index (χ2v) is 7.04. The van der Waals surface area contributed by atoms with Gasteiger partial charge in [0.15, 0.2) is 24.6 Å². The molecular formula is C13H17F3O11S. The fourth-order valence-electron chi connectivity index (χ4n) is 2.19. The number of aliphatic hydroxyl groups is 1. The van der Waals surface area contributed by atoms with Crippen molar-refractivity contribution < 1.29 is 64.2 Å². The number of aliphatic hydroxyl groups excluding tert-OH is 1. The van der Waals surface area contributed by atoms with Crippen molar-refractivity contribution >= 4 is 28.0 Å². The highest BCUT2D eigenvalue weighted by atomic mass is 32.2. The van der Waals surface area contributed by atoms with Gasteiger partial charge < -0.3 is 24.1 Å². The van der Waals surface area contributed by atoms with Crippen LogP contribution in [0, 0.1) is 0 Å². The molecular weight excluding hydrogens is 421 g/mol. The van der Waals surface area contributed by atoms with E-state index in [1.165, 1.54) is 0 Å². The van der Waals surface area contributed by atoms with Crippen molar-refractivity contribution in [2.24, 2.45) is 0 Å². The lowest BCUT2D eigenvalue weighted by Crippen LogP contribution is -2.62. The van der Waals surface area contributed by atoms with E-state index < -0.39 is 70.8 Å². The summed E-state index contributed by atoms with van der Waals surface area (Å²) in [6, 6.07) is 0. The number of carbonyl (C=O) groups excluding carboxylic acids is 3. The average molecular weight is 438 g/mol. The maximum absolute atomic E-state index is 12.6. The first-order valence-electron chi connectivity index (χ1n) is 7.46. The SMILES string of the molecule is CC(=O)OC[C@@H]1O[C@@H](O)[C@@H](OS(=O)(=O)C(F)(F)F)[C@H](OC(C)=O)[C@H]1OC(C)=O. The van der Waals surface area contributed by atoms with Crippen molar-refractivity contribution in [3.63, 3.8) is 0 Å². The van der Waals surface area contributed by atoms with Gasteiger partial charge in [0.2, 0.25) is 0 Å². The van der Waals surface area contributed by atoms with E-state index in [-0.39, 0.29) is 0 Å². The molecule has 0 aliphatic carbocycles. The van der Waals surface area contributed by atoms with Crippen LogP contribution in [0.5, 0.6) is 0 Å². The zero-order chi connectivity index (χ0) is 21.9. The molecule has 0 radical (unpaired) electrons. The van der Waals surface area contributed by atoms with Crippen molar-refractivity contribution in [2.75, 3.05) is 6.61 Å². The zero-order valence-corrected chi connectivity index (χ0v) is 15.5. The Morgan fingerprint density at radius 2 is 1.46 bits per heavy atom. The predicted molar refractivity (Wildman–Crippen MR) is 78.5 cm³/mol. The first kappa shape index (κ1) is 24.1. The van der Waals surface area contributed by atoms with Crippen LogP contribution in [0.1, 0.15) is 20.8 Å². The van der Waals surface area contributed by atoms with Crippen LogP contribution >= 0.6 is 0 Å². The van der Waals surface area contributed by atoms with Crippen LogP contribution in [-0.4, -0.2) is 74.3 Å². The van der Waals surface area contributed by atoms with Crippen molar-refractivity contribution in [3.05, 3.63) is 0 Å². The highest BCUT2D eigenvalue weighted by Gasteiger charge is 2.56. The van der Waals surface area contributed by atoms with E-state index >= 15 is 0 Å². The molecule has 0 unspecified atom stereocenters. The Labute approximate surface area is 156 Å². The molecule has 1 N–H and O–H groups in total. The molecule has 0 spiro atoms. The fourth-order valence-corrected chi connectivity index (χ4v) is 2.80. The quantitative estimate of drug-likeness (QED) is 0.244. The van der Waals surface area contributed by atoms with Gasteiger partial charge in [-0.2, -0.15) is 21.6 Å². The Balaban J connectivity index is 3.29. The van der Waals surface area contributed by atoms with Gasteiger partial charge in [0.25, 0.3) is 0 Å². The summed E-state index contributed by atoms with van der Waals surface area (Å²) in [5.41, 5.74) is -5.86. The van der Waals surface area contributed by atoms with Crippen LogP contribution in [-0.2, 0) is 47.6 Å². The topological polar surface area (TPSA) is 152 Å². The molecule has 162 valence electrons. The lowest BCUT2D eigenvalue weighted by atomic mass is 9.98. The number of hydrogen-bond acceptors (Lipinski definition) is 11. The molecule has 28 heavy (non-hydrogen) atoms. The molecule has 1 saturated heterocycles. The summed E-state index contributed by atoms with van der Waals surface area (Å²) in [5.74, 6) is -2.96. The van der Waals surface area contributed by atoms with E-state index in [1.54, 1.807) is 0 Å². The highest BCUT2D eigenvalue weighted by molar-refractivity contribution is 7.87. The Hall–Kier alpha value is -1.97. The smallest absolute Gasteiger partial charge is 0.463 e. The molecule has 0 aromatic heterocycles. The van der Waals surface area contributed by atoms with Gasteiger partial charge in [0.1, 0.15) is 12.7 Å². The van der Waals surface area contributed by atoms with Gasteiger partial charge in [-0.3, -0.25) is 18.6 Å². The number of halogens is 3. The number of esters is 3. The normalized spacial score (nSPS) is 28.3.